The molecule has 210 valence electrons. The average molecular weight is 575 g/mol. The molecule has 10 aromatic rings. The SMILES string of the molecule is c1ccc(-n2c3ccccc3c3cc(-c4ccc5oc6ccccc6c5c4)c(-n4c5ccccc5c5ccccc54)cc32)cc1. The molecule has 0 aliphatic carbocycles. The third kappa shape index (κ3) is 3.46. The third-order valence-electron chi connectivity index (χ3n) is 9.31. The number of para-hydroxylation sites is 5. The Hall–Kier alpha value is -6.06. The van der Waals surface area contributed by atoms with Crippen LogP contribution in [0, 0.1) is 0 Å². The van der Waals surface area contributed by atoms with Gasteiger partial charge in [0.05, 0.1) is 27.8 Å². The van der Waals surface area contributed by atoms with E-state index in [-0.39, 0.29) is 0 Å². The van der Waals surface area contributed by atoms with Crippen LogP contribution in [-0.2, 0) is 0 Å². The van der Waals surface area contributed by atoms with E-state index in [0.717, 1.165) is 38.9 Å². The van der Waals surface area contributed by atoms with E-state index in [2.05, 4.69) is 155 Å². The molecule has 7 aromatic carbocycles. The van der Waals surface area contributed by atoms with Gasteiger partial charge >= 0.3 is 0 Å². The summed E-state index contributed by atoms with van der Waals surface area (Å²) in [6.45, 7) is 0. The van der Waals surface area contributed by atoms with Crippen LogP contribution in [0.2, 0.25) is 0 Å². The molecular weight excluding hydrogens is 548 g/mol. The number of nitrogens with zero attached hydrogens (tertiary/aromatic N) is 2. The fourth-order valence-corrected chi connectivity index (χ4v) is 7.35. The number of benzene rings is 7. The van der Waals surface area contributed by atoms with E-state index in [1.54, 1.807) is 0 Å². The fourth-order valence-electron chi connectivity index (χ4n) is 7.35. The molecule has 0 spiro atoms. The molecule has 0 saturated carbocycles. The molecule has 0 saturated heterocycles. The van der Waals surface area contributed by atoms with Crippen LogP contribution in [0.5, 0.6) is 0 Å². The maximum atomic E-state index is 6.23. The Morgan fingerprint density at radius 2 is 0.911 bits per heavy atom. The summed E-state index contributed by atoms with van der Waals surface area (Å²) in [6.07, 6.45) is 0. The van der Waals surface area contributed by atoms with Crippen LogP contribution in [0.25, 0.3) is 88.1 Å². The molecule has 45 heavy (non-hydrogen) atoms. The monoisotopic (exact) mass is 574 g/mol. The molecule has 3 heteroatoms. The van der Waals surface area contributed by atoms with Crippen LogP contribution in [0.1, 0.15) is 0 Å². The number of hydrogen-bond donors (Lipinski definition) is 0. The summed E-state index contributed by atoms with van der Waals surface area (Å²) in [5, 5.41) is 7.22. The maximum absolute atomic E-state index is 6.23. The number of furan rings is 1. The van der Waals surface area contributed by atoms with Gasteiger partial charge in [-0.05, 0) is 66.2 Å². The largest absolute Gasteiger partial charge is 0.456 e. The minimum absolute atomic E-state index is 0.903. The van der Waals surface area contributed by atoms with Crippen LogP contribution in [0.4, 0.5) is 0 Å². The Morgan fingerprint density at radius 1 is 0.356 bits per heavy atom. The van der Waals surface area contributed by atoms with Gasteiger partial charge in [-0.1, -0.05) is 97.1 Å². The van der Waals surface area contributed by atoms with Crippen molar-refractivity contribution in [1.82, 2.24) is 9.13 Å². The Kier molecular flexibility index (Phi) is 5.00. The van der Waals surface area contributed by atoms with Crippen molar-refractivity contribution in [1.29, 1.82) is 0 Å². The highest BCUT2D eigenvalue weighted by Crippen LogP contribution is 2.42. The quantitative estimate of drug-likeness (QED) is 0.206. The zero-order valence-corrected chi connectivity index (χ0v) is 24.3. The Morgan fingerprint density at radius 3 is 1.62 bits per heavy atom. The van der Waals surface area contributed by atoms with E-state index in [1.165, 1.54) is 49.2 Å². The number of hydrogen-bond acceptors (Lipinski definition) is 1. The summed E-state index contributed by atoms with van der Waals surface area (Å²) in [5.41, 5.74) is 11.2. The summed E-state index contributed by atoms with van der Waals surface area (Å²) in [6, 6.07) is 56.7. The average Bonchev–Trinajstić information content (AvgIpc) is 3.75. The summed E-state index contributed by atoms with van der Waals surface area (Å²) < 4.78 is 11.1. The second-order valence-corrected chi connectivity index (χ2v) is 11.8. The first-order valence-corrected chi connectivity index (χ1v) is 15.4. The zero-order valence-electron chi connectivity index (χ0n) is 24.3. The van der Waals surface area contributed by atoms with Gasteiger partial charge in [-0.3, -0.25) is 0 Å². The normalized spacial score (nSPS) is 12.0. The fraction of sp³-hybridized carbons (Fsp3) is 0. The molecule has 0 N–H and O–H groups in total. The van der Waals surface area contributed by atoms with Crippen molar-refractivity contribution in [3.05, 3.63) is 158 Å². The molecule has 3 heterocycles. The highest BCUT2D eigenvalue weighted by atomic mass is 16.3. The summed E-state index contributed by atoms with van der Waals surface area (Å²) in [4.78, 5) is 0. The van der Waals surface area contributed by atoms with E-state index in [1.807, 2.05) is 12.1 Å². The van der Waals surface area contributed by atoms with Gasteiger partial charge in [0, 0.05) is 43.6 Å². The lowest BCUT2D eigenvalue weighted by atomic mass is 9.98. The van der Waals surface area contributed by atoms with Crippen molar-refractivity contribution in [2.75, 3.05) is 0 Å². The second-order valence-electron chi connectivity index (χ2n) is 11.8. The molecule has 3 aromatic heterocycles. The van der Waals surface area contributed by atoms with Gasteiger partial charge in [0.15, 0.2) is 0 Å². The minimum Gasteiger partial charge on any atom is -0.456 e. The summed E-state index contributed by atoms with van der Waals surface area (Å²) in [5.74, 6) is 0. The standard InChI is InChI=1S/C42H26N2O/c1-2-12-28(13-3-1)43-36-18-8-6-16-31(36)34-25-33(27-22-23-42-35(24-27)32-17-7-11-21-41(32)45-42)39(26-40(34)43)44-37-19-9-4-14-29(37)30-15-5-10-20-38(30)44/h1-26H. The highest BCUT2D eigenvalue weighted by Gasteiger charge is 2.21. The van der Waals surface area contributed by atoms with Crippen LogP contribution in [0.15, 0.2) is 162 Å². The smallest absolute Gasteiger partial charge is 0.135 e. The lowest BCUT2D eigenvalue weighted by molar-refractivity contribution is 0.669. The van der Waals surface area contributed by atoms with Crippen molar-refractivity contribution in [2.24, 2.45) is 0 Å². The molecule has 0 amide bonds. The Bertz CT molecular complexity index is 2710. The van der Waals surface area contributed by atoms with Crippen molar-refractivity contribution in [3.63, 3.8) is 0 Å². The van der Waals surface area contributed by atoms with Crippen LogP contribution in [0.3, 0.4) is 0 Å². The lowest BCUT2D eigenvalue weighted by Gasteiger charge is -2.16. The molecule has 0 aliphatic heterocycles. The van der Waals surface area contributed by atoms with Gasteiger partial charge in [-0.15, -0.1) is 0 Å². The second kappa shape index (κ2) is 9.22. The number of fused-ring (bicyclic) bond motifs is 9. The molecule has 0 fully saturated rings. The van der Waals surface area contributed by atoms with Crippen LogP contribution in [-0.4, -0.2) is 9.13 Å². The third-order valence-corrected chi connectivity index (χ3v) is 9.31. The Balaban J connectivity index is 1.39. The van der Waals surface area contributed by atoms with Gasteiger partial charge in [0.2, 0.25) is 0 Å². The van der Waals surface area contributed by atoms with Crippen LogP contribution < -0.4 is 0 Å². The summed E-state index contributed by atoms with van der Waals surface area (Å²) in [7, 11) is 0. The van der Waals surface area contributed by atoms with Gasteiger partial charge < -0.3 is 13.6 Å². The first-order chi connectivity index (χ1) is 22.3. The zero-order chi connectivity index (χ0) is 29.5. The lowest BCUT2D eigenvalue weighted by Crippen LogP contribution is -1.99. The minimum atomic E-state index is 0.903. The van der Waals surface area contributed by atoms with E-state index in [9.17, 15) is 0 Å². The molecule has 0 atom stereocenters. The van der Waals surface area contributed by atoms with E-state index < -0.39 is 0 Å². The van der Waals surface area contributed by atoms with Gasteiger partial charge in [0.25, 0.3) is 0 Å². The Labute approximate surface area is 258 Å². The van der Waals surface area contributed by atoms with Crippen molar-refractivity contribution in [3.8, 4) is 22.5 Å². The van der Waals surface area contributed by atoms with Crippen molar-refractivity contribution in [2.45, 2.75) is 0 Å². The summed E-state index contributed by atoms with van der Waals surface area (Å²) >= 11 is 0. The first-order valence-electron chi connectivity index (χ1n) is 15.4. The van der Waals surface area contributed by atoms with Gasteiger partial charge in [-0.25, -0.2) is 0 Å². The first kappa shape index (κ1) is 24.4. The molecule has 0 bridgehead atoms. The number of rotatable bonds is 3. The molecule has 0 aliphatic rings. The molecule has 10 rings (SSSR count). The van der Waals surface area contributed by atoms with E-state index >= 15 is 0 Å². The van der Waals surface area contributed by atoms with Gasteiger partial charge in [-0.2, -0.15) is 0 Å². The maximum Gasteiger partial charge on any atom is 0.135 e. The van der Waals surface area contributed by atoms with Crippen molar-refractivity contribution >= 4 is 65.6 Å². The van der Waals surface area contributed by atoms with Gasteiger partial charge in [0.1, 0.15) is 11.2 Å². The molecular formula is C42H26N2O. The van der Waals surface area contributed by atoms with Crippen LogP contribution >= 0.6 is 0 Å². The molecule has 0 radical (unpaired) electrons. The predicted molar refractivity (Wildman–Crippen MR) is 188 cm³/mol. The van der Waals surface area contributed by atoms with E-state index in [4.69, 9.17) is 4.42 Å². The molecule has 3 nitrogen and oxygen atoms in total. The predicted octanol–water partition coefficient (Wildman–Crippen LogP) is 11.4. The number of aromatic nitrogens is 2. The van der Waals surface area contributed by atoms with E-state index in [0.29, 0.717) is 0 Å². The topological polar surface area (TPSA) is 23.0 Å². The van der Waals surface area contributed by atoms with Crippen molar-refractivity contribution < 1.29 is 4.42 Å². The molecule has 0 unspecified atom stereocenters. The highest BCUT2D eigenvalue weighted by molar-refractivity contribution is 6.14.